The highest BCUT2D eigenvalue weighted by molar-refractivity contribution is 6.30. The van der Waals surface area contributed by atoms with Gasteiger partial charge in [-0.25, -0.2) is 0 Å². The molecule has 22 heavy (non-hydrogen) atoms. The first-order chi connectivity index (χ1) is 10.5. The van der Waals surface area contributed by atoms with Crippen LogP contribution in [0.5, 0.6) is 0 Å². The summed E-state index contributed by atoms with van der Waals surface area (Å²) in [6.45, 7) is 5.92. The molecule has 1 spiro atoms. The molecule has 2 fully saturated rings. The van der Waals surface area contributed by atoms with E-state index in [1.165, 1.54) is 6.20 Å². The highest BCUT2D eigenvalue weighted by Gasteiger charge is 2.44. The topological polar surface area (TPSA) is 51.7 Å². The third kappa shape index (κ3) is 3.26. The summed E-state index contributed by atoms with van der Waals surface area (Å²) < 4.78 is 11.8. The van der Waals surface area contributed by atoms with Crippen molar-refractivity contribution in [3.05, 3.63) is 29.0 Å². The predicted octanol–water partition coefficient (Wildman–Crippen LogP) is 2.53. The van der Waals surface area contributed by atoms with Gasteiger partial charge >= 0.3 is 0 Å². The van der Waals surface area contributed by atoms with Gasteiger partial charge in [0.05, 0.1) is 34.9 Å². The summed E-state index contributed by atoms with van der Waals surface area (Å²) in [4.78, 5) is 18.6. The maximum absolute atomic E-state index is 12.7. The lowest BCUT2D eigenvalue weighted by Gasteiger charge is -2.48. The SMILES string of the molecule is C[C@@H]1C[C@]2(CCO1)CN(C(=O)c1cncc(Cl)c1)C[C@@H](C)O2. The summed E-state index contributed by atoms with van der Waals surface area (Å²) >= 11 is 5.94. The summed E-state index contributed by atoms with van der Waals surface area (Å²) in [5.74, 6) is -0.0383. The molecule has 1 amide bonds. The van der Waals surface area contributed by atoms with Crippen LogP contribution in [-0.2, 0) is 9.47 Å². The van der Waals surface area contributed by atoms with Crippen molar-refractivity contribution in [1.29, 1.82) is 0 Å². The minimum atomic E-state index is -0.295. The zero-order valence-corrected chi connectivity index (χ0v) is 13.7. The lowest BCUT2D eigenvalue weighted by Crippen LogP contribution is -2.59. The molecule has 0 aromatic carbocycles. The number of morpholine rings is 1. The molecule has 2 aliphatic heterocycles. The quantitative estimate of drug-likeness (QED) is 0.796. The number of hydrogen-bond donors (Lipinski definition) is 0. The smallest absolute Gasteiger partial charge is 0.255 e. The number of ether oxygens (including phenoxy) is 2. The van der Waals surface area contributed by atoms with Crippen LogP contribution in [0.25, 0.3) is 0 Å². The van der Waals surface area contributed by atoms with E-state index in [-0.39, 0.29) is 23.7 Å². The highest BCUT2D eigenvalue weighted by atomic mass is 35.5. The number of carbonyl (C=O) groups excluding carboxylic acids is 1. The van der Waals surface area contributed by atoms with Gasteiger partial charge in [-0.05, 0) is 19.9 Å². The number of aromatic nitrogens is 1. The molecule has 0 saturated carbocycles. The molecular weight excluding hydrogens is 304 g/mol. The fourth-order valence-corrected chi connectivity index (χ4v) is 3.65. The van der Waals surface area contributed by atoms with E-state index in [0.29, 0.717) is 30.3 Å². The summed E-state index contributed by atoms with van der Waals surface area (Å²) in [5, 5.41) is 0.474. The van der Waals surface area contributed by atoms with Gasteiger partial charge < -0.3 is 14.4 Å². The van der Waals surface area contributed by atoms with E-state index >= 15 is 0 Å². The van der Waals surface area contributed by atoms with Gasteiger partial charge in [0.2, 0.25) is 0 Å². The highest BCUT2D eigenvalue weighted by Crippen LogP contribution is 2.34. The largest absolute Gasteiger partial charge is 0.378 e. The third-order valence-corrected chi connectivity index (χ3v) is 4.47. The fourth-order valence-electron chi connectivity index (χ4n) is 3.47. The molecule has 6 heteroatoms. The van der Waals surface area contributed by atoms with E-state index in [4.69, 9.17) is 21.1 Å². The molecule has 3 heterocycles. The van der Waals surface area contributed by atoms with Crippen molar-refractivity contribution in [3.8, 4) is 0 Å². The Morgan fingerprint density at radius 3 is 2.95 bits per heavy atom. The standard InChI is InChI=1S/C16H21ClN2O3/c1-11-6-16(3-4-21-11)10-19(9-12(2)22-16)15(20)13-5-14(17)8-18-7-13/h5,7-8,11-12H,3-4,6,9-10H2,1-2H3/t11-,12-,16-/m1/s1. The Balaban J connectivity index is 1.80. The Labute approximate surface area is 135 Å². The van der Waals surface area contributed by atoms with Crippen molar-refractivity contribution < 1.29 is 14.3 Å². The molecule has 0 bridgehead atoms. The zero-order chi connectivity index (χ0) is 15.7. The molecule has 3 atom stereocenters. The summed E-state index contributed by atoms with van der Waals surface area (Å²) in [7, 11) is 0. The average Bonchev–Trinajstić information content (AvgIpc) is 2.45. The minimum Gasteiger partial charge on any atom is -0.378 e. The number of pyridine rings is 1. The number of halogens is 1. The average molecular weight is 325 g/mol. The van der Waals surface area contributed by atoms with E-state index in [2.05, 4.69) is 11.9 Å². The Hall–Kier alpha value is -1.17. The van der Waals surface area contributed by atoms with Crippen LogP contribution in [-0.4, -0.2) is 53.3 Å². The maximum Gasteiger partial charge on any atom is 0.255 e. The normalized spacial score (nSPS) is 32.2. The molecule has 0 aliphatic carbocycles. The Morgan fingerprint density at radius 1 is 1.41 bits per heavy atom. The van der Waals surface area contributed by atoms with Crippen molar-refractivity contribution in [1.82, 2.24) is 9.88 Å². The van der Waals surface area contributed by atoms with Crippen molar-refractivity contribution in [2.24, 2.45) is 0 Å². The van der Waals surface area contributed by atoms with E-state index in [9.17, 15) is 4.79 Å². The van der Waals surface area contributed by atoms with Crippen LogP contribution >= 0.6 is 11.6 Å². The first-order valence-electron chi connectivity index (χ1n) is 7.67. The molecule has 0 unspecified atom stereocenters. The summed E-state index contributed by atoms with van der Waals surface area (Å²) in [6.07, 6.45) is 4.89. The second-order valence-corrected chi connectivity index (χ2v) is 6.76. The van der Waals surface area contributed by atoms with Crippen LogP contribution < -0.4 is 0 Å². The van der Waals surface area contributed by atoms with Crippen LogP contribution in [0.15, 0.2) is 18.5 Å². The van der Waals surface area contributed by atoms with E-state index in [1.54, 1.807) is 12.3 Å². The molecule has 3 rings (SSSR count). The van der Waals surface area contributed by atoms with Gasteiger partial charge in [-0.3, -0.25) is 9.78 Å². The van der Waals surface area contributed by atoms with Gasteiger partial charge in [0, 0.05) is 38.4 Å². The summed E-state index contributed by atoms with van der Waals surface area (Å²) in [6, 6.07) is 1.66. The lowest BCUT2D eigenvalue weighted by molar-refractivity contribution is -0.189. The van der Waals surface area contributed by atoms with Crippen LogP contribution in [0, 0.1) is 0 Å². The van der Waals surface area contributed by atoms with Gasteiger partial charge in [0.25, 0.3) is 5.91 Å². The van der Waals surface area contributed by atoms with E-state index in [1.807, 2.05) is 11.8 Å². The van der Waals surface area contributed by atoms with Crippen molar-refractivity contribution in [3.63, 3.8) is 0 Å². The van der Waals surface area contributed by atoms with Crippen LogP contribution in [0.4, 0.5) is 0 Å². The van der Waals surface area contributed by atoms with Crippen LogP contribution in [0.2, 0.25) is 5.02 Å². The van der Waals surface area contributed by atoms with Gasteiger partial charge in [-0.15, -0.1) is 0 Å². The molecule has 1 aromatic heterocycles. The predicted molar refractivity (Wildman–Crippen MR) is 83.1 cm³/mol. The number of amides is 1. The first kappa shape index (κ1) is 15.7. The monoisotopic (exact) mass is 324 g/mol. The van der Waals surface area contributed by atoms with Crippen molar-refractivity contribution >= 4 is 17.5 Å². The molecule has 120 valence electrons. The van der Waals surface area contributed by atoms with E-state index < -0.39 is 0 Å². The Morgan fingerprint density at radius 2 is 2.23 bits per heavy atom. The molecule has 2 saturated heterocycles. The van der Waals surface area contributed by atoms with Gasteiger partial charge in [0.15, 0.2) is 0 Å². The third-order valence-electron chi connectivity index (χ3n) is 4.27. The first-order valence-corrected chi connectivity index (χ1v) is 8.04. The van der Waals surface area contributed by atoms with Crippen molar-refractivity contribution in [2.45, 2.75) is 44.5 Å². The second kappa shape index (κ2) is 6.14. The molecule has 0 N–H and O–H groups in total. The second-order valence-electron chi connectivity index (χ2n) is 6.32. The molecular formula is C16H21ClN2O3. The van der Waals surface area contributed by atoms with Crippen LogP contribution in [0.1, 0.15) is 37.0 Å². The Bertz CT molecular complexity index is 564. The van der Waals surface area contributed by atoms with Gasteiger partial charge in [0.1, 0.15) is 0 Å². The van der Waals surface area contributed by atoms with Gasteiger partial charge in [-0.1, -0.05) is 11.6 Å². The number of hydrogen-bond acceptors (Lipinski definition) is 4. The fraction of sp³-hybridized carbons (Fsp3) is 0.625. The summed E-state index contributed by atoms with van der Waals surface area (Å²) in [5.41, 5.74) is 0.230. The number of rotatable bonds is 1. The van der Waals surface area contributed by atoms with Crippen molar-refractivity contribution in [2.75, 3.05) is 19.7 Å². The van der Waals surface area contributed by atoms with E-state index in [0.717, 1.165) is 12.8 Å². The van der Waals surface area contributed by atoms with Crippen LogP contribution in [0.3, 0.4) is 0 Å². The molecule has 5 nitrogen and oxygen atoms in total. The molecule has 2 aliphatic rings. The number of nitrogens with zero attached hydrogens (tertiary/aromatic N) is 2. The lowest BCUT2D eigenvalue weighted by atomic mass is 9.88. The maximum atomic E-state index is 12.7. The van der Waals surface area contributed by atoms with Gasteiger partial charge in [-0.2, -0.15) is 0 Å². The zero-order valence-electron chi connectivity index (χ0n) is 12.9. The molecule has 1 aromatic rings. The minimum absolute atomic E-state index is 0.00939. The number of carbonyl (C=O) groups is 1. The Kier molecular flexibility index (Phi) is 4.39. The molecule has 0 radical (unpaired) electrons.